The van der Waals surface area contributed by atoms with Crippen molar-refractivity contribution in [3.63, 3.8) is 0 Å². The number of nitrogens with zero attached hydrogens (tertiary/aromatic N) is 1. The molecule has 0 amide bonds. The molecule has 2 aromatic carbocycles. The molecule has 0 aliphatic rings. The Morgan fingerprint density at radius 2 is 1.85 bits per heavy atom. The van der Waals surface area contributed by atoms with Crippen molar-refractivity contribution in [1.29, 1.82) is 0 Å². The van der Waals surface area contributed by atoms with Gasteiger partial charge in [0.05, 0.1) is 0 Å². The van der Waals surface area contributed by atoms with Crippen molar-refractivity contribution in [2.75, 3.05) is 6.54 Å². The number of hydrogen-bond acceptors (Lipinski definition) is 4. The number of fused-ring (bicyclic) bond motifs is 1. The van der Waals surface area contributed by atoms with Gasteiger partial charge in [-0.25, -0.2) is 4.98 Å². The quantitative estimate of drug-likeness (QED) is 0.737. The summed E-state index contributed by atoms with van der Waals surface area (Å²) in [5.74, 6) is 0.470. The van der Waals surface area contributed by atoms with Crippen LogP contribution in [0.2, 0.25) is 0 Å². The Morgan fingerprint density at radius 1 is 1.10 bits per heavy atom. The number of para-hydroxylation sites is 2. The maximum atomic E-state index is 12.1. The second-order valence-electron chi connectivity index (χ2n) is 4.49. The molecule has 0 radical (unpaired) electrons. The number of nitrogens with two attached hydrogens (primary N) is 1. The summed E-state index contributed by atoms with van der Waals surface area (Å²) < 4.78 is 5.73. The molecule has 0 aliphatic carbocycles. The molecule has 0 saturated carbocycles. The van der Waals surface area contributed by atoms with Gasteiger partial charge in [0.2, 0.25) is 5.89 Å². The molecule has 0 saturated heterocycles. The van der Waals surface area contributed by atoms with Gasteiger partial charge >= 0.3 is 0 Å². The van der Waals surface area contributed by atoms with Crippen LogP contribution >= 0.6 is 0 Å². The lowest BCUT2D eigenvalue weighted by Crippen LogP contribution is -2.09. The average molecular weight is 266 g/mol. The number of carbonyl (C=O) groups excluding carboxylic acids is 1. The van der Waals surface area contributed by atoms with Crippen molar-refractivity contribution >= 4 is 16.9 Å². The number of Topliss-reactive ketones (excluding diaryl/α,β-unsaturated/α-hetero) is 1. The van der Waals surface area contributed by atoms with E-state index in [-0.39, 0.29) is 5.78 Å². The fraction of sp³-hybridized carbons (Fsp3) is 0.125. The van der Waals surface area contributed by atoms with Gasteiger partial charge in [0.1, 0.15) is 5.52 Å². The summed E-state index contributed by atoms with van der Waals surface area (Å²) in [7, 11) is 0. The summed E-state index contributed by atoms with van der Waals surface area (Å²) in [5.41, 5.74) is 8.26. The van der Waals surface area contributed by atoms with Crippen LogP contribution < -0.4 is 5.73 Å². The molecule has 0 aliphatic heterocycles. The van der Waals surface area contributed by atoms with Gasteiger partial charge in [0, 0.05) is 17.5 Å². The lowest BCUT2D eigenvalue weighted by molar-refractivity contribution is 0.0986. The highest BCUT2D eigenvalue weighted by Gasteiger charge is 2.16. The molecule has 0 bridgehead atoms. The number of ketones is 1. The lowest BCUT2D eigenvalue weighted by atomic mass is 10.0. The number of oxazole rings is 1. The summed E-state index contributed by atoms with van der Waals surface area (Å²) >= 11 is 0. The van der Waals surface area contributed by atoms with Crippen molar-refractivity contribution in [3.05, 3.63) is 54.1 Å². The van der Waals surface area contributed by atoms with Gasteiger partial charge in [-0.05, 0) is 24.7 Å². The number of rotatable bonds is 4. The molecular formula is C16H14N2O2. The van der Waals surface area contributed by atoms with Gasteiger partial charge < -0.3 is 10.2 Å². The van der Waals surface area contributed by atoms with Gasteiger partial charge in [-0.15, -0.1) is 0 Å². The standard InChI is InChI=1S/C16H14N2O2/c17-10-9-14(19)11-5-1-2-6-12(11)16-18-13-7-3-4-8-15(13)20-16/h1-8H,9-10,17H2. The molecule has 0 fully saturated rings. The first-order chi connectivity index (χ1) is 9.79. The summed E-state index contributed by atoms with van der Waals surface area (Å²) in [6.45, 7) is 0.334. The fourth-order valence-electron chi connectivity index (χ4n) is 2.17. The monoisotopic (exact) mass is 266 g/mol. The highest BCUT2D eigenvalue weighted by molar-refractivity contribution is 6.01. The average Bonchev–Trinajstić information content (AvgIpc) is 2.91. The first kappa shape index (κ1) is 12.6. The van der Waals surface area contributed by atoms with Crippen molar-refractivity contribution in [2.24, 2.45) is 5.73 Å². The maximum absolute atomic E-state index is 12.1. The Labute approximate surface area is 116 Å². The van der Waals surface area contributed by atoms with Crippen LogP contribution in [0.25, 0.3) is 22.6 Å². The van der Waals surface area contributed by atoms with Crippen LogP contribution in [0.4, 0.5) is 0 Å². The van der Waals surface area contributed by atoms with Crippen LogP contribution in [0.3, 0.4) is 0 Å². The third-order valence-corrected chi connectivity index (χ3v) is 3.12. The van der Waals surface area contributed by atoms with Gasteiger partial charge in [-0.1, -0.05) is 30.3 Å². The summed E-state index contributed by atoms with van der Waals surface area (Å²) in [6.07, 6.45) is 0.317. The van der Waals surface area contributed by atoms with Crippen molar-refractivity contribution in [2.45, 2.75) is 6.42 Å². The second-order valence-corrected chi connectivity index (χ2v) is 4.49. The molecule has 100 valence electrons. The largest absolute Gasteiger partial charge is 0.436 e. The highest BCUT2D eigenvalue weighted by atomic mass is 16.3. The van der Waals surface area contributed by atoms with E-state index in [9.17, 15) is 4.79 Å². The Morgan fingerprint density at radius 3 is 2.65 bits per heavy atom. The third-order valence-electron chi connectivity index (χ3n) is 3.12. The van der Waals surface area contributed by atoms with E-state index in [4.69, 9.17) is 10.2 Å². The van der Waals surface area contributed by atoms with Gasteiger partial charge in [-0.3, -0.25) is 4.79 Å². The first-order valence-corrected chi connectivity index (χ1v) is 6.48. The maximum Gasteiger partial charge on any atom is 0.228 e. The summed E-state index contributed by atoms with van der Waals surface area (Å²) in [4.78, 5) is 16.5. The first-order valence-electron chi connectivity index (χ1n) is 6.48. The summed E-state index contributed by atoms with van der Waals surface area (Å²) in [5, 5.41) is 0. The predicted molar refractivity (Wildman–Crippen MR) is 77.4 cm³/mol. The SMILES string of the molecule is NCCC(=O)c1ccccc1-c1nc2ccccc2o1. The van der Waals surface area contributed by atoms with Gasteiger partial charge in [0.15, 0.2) is 11.4 Å². The molecule has 3 rings (SSSR count). The molecule has 4 nitrogen and oxygen atoms in total. The smallest absolute Gasteiger partial charge is 0.228 e. The molecule has 1 aromatic heterocycles. The molecular weight excluding hydrogens is 252 g/mol. The second kappa shape index (κ2) is 5.27. The van der Waals surface area contributed by atoms with Crippen LogP contribution in [0, 0.1) is 0 Å². The minimum Gasteiger partial charge on any atom is -0.436 e. The van der Waals surface area contributed by atoms with E-state index in [1.165, 1.54) is 0 Å². The number of benzene rings is 2. The van der Waals surface area contributed by atoms with Gasteiger partial charge in [-0.2, -0.15) is 0 Å². The molecule has 0 atom stereocenters. The van der Waals surface area contributed by atoms with E-state index in [2.05, 4.69) is 4.98 Å². The van der Waals surface area contributed by atoms with Crippen LogP contribution in [-0.2, 0) is 0 Å². The molecule has 20 heavy (non-hydrogen) atoms. The molecule has 4 heteroatoms. The minimum atomic E-state index is 0.00496. The summed E-state index contributed by atoms with van der Waals surface area (Å²) in [6, 6.07) is 14.8. The van der Waals surface area contributed by atoms with Gasteiger partial charge in [0.25, 0.3) is 0 Å². The Hall–Kier alpha value is -2.46. The lowest BCUT2D eigenvalue weighted by Gasteiger charge is -2.04. The van der Waals surface area contributed by atoms with E-state index < -0.39 is 0 Å². The molecule has 3 aromatic rings. The zero-order valence-electron chi connectivity index (χ0n) is 10.9. The van der Waals surface area contributed by atoms with Crippen LogP contribution in [-0.4, -0.2) is 17.3 Å². The minimum absolute atomic E-state index is 0.00496. The van der Waals surface area contributed by atoms with Crippen LogP contribution in [0.5, 0.6) is 0 Å². The topological polar surface area (TPSA) is 69.1 Å². The van der Waals surface area contributed by atoms with E-state index >= 15 is 0 Å². The van der Waals surface area contributed by atoms with E-state index in [1.54, 1.807) is 6.07 Å². The van der Waals surface area contributed by atoms with Crippen molar-refractivity contribution in [1.82, 2.24) is 4.98 Å². The van der Waals surface area contributed by atoms with Crippen LogP contribution in [0.1, 0.15) is 16.8 Å². The Balaban J connectivity index is 2.11. The normalized spacial score (nSPS) is 10.8. The predicted octanol–water partition coefficient (Wildman–Crippen LogP) is 3.03. The van der Waals surface area contributed by atoms with E-state index in [1.807, 2.05) is 42.5 Å². The highest BCUT2D eigenvalue weighted by Crippen LogP contribution is 2.27. The van der Waals surface area contributed by atoms with Crippen LogP contribution in [0.15, 0.2) is 52.9 Å². The number of carbonyl (C=O) groups is 1. The molecule has 0 spiro atoms. The zero-order chi connectivity index (χ0) is 13.9. The Bertz CT molecular complexity index is 729. The number of hydrogen-bond donors (Lipinski definition) is 1. The fourth-order valence-corrected chi connectivity index (χ4v) is 2.17. The Kier molecular flexibility index (Phi) is 3.31. The van der Waals surface area contributed by atoms with Crippen molar-refractivity contribution < 1.29 is 9.21 Å². The van der Waals surface area contributed by atoms with E-state index in [0.717, 1.165) is 5.52 Å². The van der Waals surface area contributed by atoms with E-state index in [0.29, 0.717) is 35.6 Å². The third kappa shape index (κ3) is 2.21. The molecule has 1 heterocycles. The number of aromatic nitrogens is 1. The van der Waals surface area contributed by atoms with Crippen molar-refractivity contribution in [3.8, 4) is 11.5 Å². The molecule has 2 N–H and O–H groups in total. The molecule has 0 unspecified atom stereocenters. The zero-order valence-corrected chi connectivity index (χ0v) is 10.9.